The average molecular weight is 452 g/mol. The van der Waals surface area contributed by atoms with Gasteiger partial charge in [0.25, 0.3) is 5.91 Å². The number of nitrogens with zero attached hydrogens (tertiary/aromatic N) is 6. The lowest BCUT2D eigenvalue weighted by atomic mass is 9.95. The minimum atomic E-state index is -1.51. The van der Waals surface area contributed by atoms with Crippen LogP contribution >= 0.6 is 0 Å². The molecule has 1 aliphatic rings. The van der Waals surface area contributed by atoms with E-state index in [2.05, 4.69) is 15.2 Å². The first-order valence-electron chi connectivity index (χ1n) is 10.3. The summed E-state index contributed by atoms with van der Waals surface area (Å²) in [5.74, 6) is -3.76. The maximum Gasteiger partial charge on any atom is 0.273 e. The van der Waals surface area contributed by atoms with Crippen molar-refractivity contribution < 1.29 is 18.0 Å². The zero-order valence-electron chi connectivity index (χ0n) is 17.8. The molecule has 3 aromatic heterocycles. The van der Waals surface area contributed by atoms with Crippen LogP contribution in [0.2, 0.25) is 0 Å². The molecule has 10 heteroatoms. The molecule has 0 aliphatic carbocycles. The van der Waals surface area contributed by atoms with Crippen LogP contribution in [0.25, 0.3) is 17.1 Å². The smallest absolute Gasteiger partial charge is 0.273 e. The molecule has 7 nitrogen and oxygen atoms in total. The summed E-state index contributed by atoms with van der Waals surface area (Å²) in [6.45, 7) is 2.21. The van der Waals surface area contributed by atoms with Crippen LogP contribution in [0.5, 0.6) is 0 Å². The summed E-state index contributed by atoms with van der Waals surface area (Å²) in [5.41, 5.74) is 2.37. The number of carbonyl (C=O) groups is 1. The summed E-state index contributed by atoms with van der Waals surface area (Å²) in [7, 11) is 1.65. The highest BCUT2D eigenvalue weighted by Crippen LogP contribution is 2.36. The molecule has 5 rings (SSSR count). The number of fused-ring (bicyclic) bond motifs is 1. The van der Waals surface area contributed by atoms with Gasteiger partial charge >= 0.3 is 0 Å². The molecule has 0 unspecified atom stereocenters. The van der Waals surface area contributed by atoms with Gasteiger partial charge < -0.3 is 4.90 Å². The first-order chi connectivity index (χ1) is 15.8. The standard InChI is InChI=1S/C23H19F3N6O/c1-13-21-15(22(30(2)29-21)14-11-16(24)20(26)17(25)12-14)7-10-31(13)23(33)18-5-3-6-19(28-18)32-9-4-8-27-32/h3-6,8-9,11-13H,7,10H2,1-2H3/t13-/m0/s1. The average Bonchev–Trinajstić information content (AvgIpc) is 3.45. The zero-order valence-corrected chi connectivity index (χ0v) is 17.8. The third-order valence-corrected chi connectivity index (χ3v) is 5.85. The van der Waals surface area contributed by atoms with Gasteiger partial charge in [0, 0.05) is 37.1 Å². The van der Waals surface area contributed by atoms with Crippen LogP contribution in [0.1, 0.15) is 34.7 Å². The van der Waals surface area contributed by atoms with Crippen molar-refractivity contribution in [3.63, 3.8) is 0 Å². The van der Waals surface area contributed by atoms with Crippen molar-refractivity contribution in [3.8, 4) is 17.1 Å². The number of halogens is 3. The number of aryl methyl sites for hydroxylation is 1. The zero-order chi connectivity index (χ0) is 23.3. The van der Waals surface area contributed by atoms with Crippen LogP contribution in [-0.2, 0) is 13.5 Å². The van der Waals surface area contributed by atoms with Crippen molar-refractivity contribution in [1.82, 2.24) is 29.4 Å². The number of amides is 1. The van der Waals surface area contributed by atoms with Gasteiger partial charge in [-0.1, -0.05) is 6.07 Å². The Morgan fingerprint density at radius 3 is 2.58 bits per heavy atom. The molecule has 1 amide bonds. The van der Waals surface area contributed by atoms with Crippen molar-refractivity contribution in [3.05, 3.63) is 83.2 Å². The van der Waals surface area contributed by atoms with Crippen LogP contribution in [-0.4, -0.2) is 41.9 Å². The van der Waals surface area contributed by atoms with Gasteiger partial charge in [0.2, 0.25) is 0 Å². The quantitative estimate of drug-likeness (QED) is 0.443. The summed E-state index contributed by atoms with van der Waals surface area (Å²) in [6, 6.07) is 8.44. The number of rotatable bonds is 3. The number of hydrogen-bond acceptors (Lipinski definition) is 4. The van der Waals surface area contributed by atoms with Crippen LogP contribution in [0.15, 0.2) is 48.8 Å². The molecule has 0 radical (unpaired) electrons. The highest BCUT2D eigenvalue weighted by atomic mass is 19.2. The van der Waals surface area contributed by atoms with Crippen LogP contribution < -0.4 is 0 Å². The molecule has 0 N–H and O–H groups in total. The van der Waals surface area contributed by atoms with E-state index >= 15 is 0 Å². The molecule has 0 spiro atoms. The van der Waals surface area contributed by atoms with E-state index in [0.717, 1.165) is 17.7 Å². The Balaban J connectivity index is 1.48. The van der Waals surface area contributed by atoms with Gasteiger partial charge in [-0.05, 0) is 43.7 Å². The molecule has 0 saturated carbocycles. The molecule has 1 aliphatic heterocycles. The molecule has 33 heavy (non-hydrogen) atoms. The molecule has 4 aromatic rings. The number of aromatic nitrogens is 5. The van der Waals surface area contributed by atoms with Gasteiger partial charge in [0.15, 0.2) is 23.3 Å². The summed E-state index contributed by atoms with van der Waals surface area (Å²) < 4.78 is 44.2. The second-order valence-electron chi connectivity index (χ2n) is 7.85. The Labute approximate surface area is 187 Å². The molecule has 168 valence electrons. The fourth-order valence-electron chi connectivity index (χ4n) is 4.30. The summed E-state index contributed by atoms with van der Waals surface area (Å²) in [5, 5.41) is 8.67. The van der Waals surface area contributed by atoms with E-state index in [1.165, 1.54) is 4.68 Å². The van der Waals surface area contributed by atoms with E-state index in [4.69, 9.17) is 0 Å². The van der Waals surface area contributed by atoms with Crippen molar-refractivity contribution in [2.75, 3.05) is 6.54 Å². The Morgan fingerprint density at radius 2 is 1.88 bits per heavy atom. The van der Waals surface area contributed by atoms with Gasteiger partial charge in [-0.2, -0.15) is 10.2 Å². The third-order valence-electron chi connectivity index (χ3n) is 5.85. The first kappa shape index (κ1) is 20.9. The predicted molar refractivity (Wildman–Crippen MR) is 113 cm³/mol. The van der Waals surface area contributed by atoms with Gasteiger partial charge in [-0.3, -0.25) is 9.48 Å². The first-order valence-corrected chi connectivity index (χ1v) is 10.3. The second-order valence-corrected chi connectivity index (χ2v) is 7.85. The fourth-order valence-corrected chi connectivity index (χ4v) is 4.30. The number of benzene rings is 1. The van der Waals surface area contributed by atoms with Gasteiger partial charge in [-0.15, -0.1) is 0 Å². The van der Waals surface area contributed by atoms with E-state index < -0.39 is 23.5 Å². The van der Waals surface area contributed by atoms with Gasteiger partial charge in [-0.25, -0.2) is 22.8 Å². The van der Waals surface area contributed by atoms with E-state index in [-0.39, 0.29) is 17.2 Å². The molecule has 1 atom stereocenters. The summed E-state index contributed by atoms with van der Waals surface area (Å²) >= 11 is 0. The topological polar surface area (TPSA) is 68.8 Å². The molecular formula is C23H19F3N6O. The number of hydrogen-bond donors (Lipinski definition) is 0. The summed E-state index contributed by atoms with van der Waals surface area (Å²) in [4.78, 5) is 19.4. The fraction of sp³-hybridized carbons (Fsp3) is 0.217. The van der Waals surface area contributed by atoms with Gasteiger partial charge in [0.05, 0.1) is 17.4 Å². The maximum absolute atomic E-state index is 13.9. The molecule has 0 saturated heterocycles. The predicted octanol–water partition coefficient (Wildman–Crippen LogP) is 3.84. The lowest BCUT2D eigenvalue weighted by Gasteiger charge is -2.32. The van der Waals surface area contributed by atoms with Crippen LogP contribution in [0.3, 0.4) is 0 Å². The van der Waals surface area contributed by atoms with Crippen LogP contribution in [0.4, 0.5) is 13.2 Å². The van der Waals surface area contributed by atoms with Crippen molar-refractivity contribution in [2.45, 2.75) is 19.4 Å². The van der Waals surface area contributed by atoms with E-state index in [1.54, 1.807) is 53.3 Å². The van der Waals surface area contributed by atoms with Crippen molar-refractivity contribution >= 4 is 5.91 Å². The number of pyridine rings is 1. The van der Waals surface area contributed by atoms with Crippen molar-refractivity contribution in [2.24, 2.45) is 7.05 Å². The second kappa shape index (κ2) is 7.88. The molecule has 0 fully saturated rings. The number of carbonyl (C=O) groups excluding carboxylic acids is 1. The lowest BCUT2D eigenvalue weighted by molar-refractivity contribution is 0.0667. The Bertz CT molecular complexity index is 1340. The van der Waals surface area contributed by atoms with E-state index in [9.17, 15) is 18.0 Å². The highest BCUT2D eigenvalue weighted by molar-refractivity contribution is 5.93. The SMILES string of the molecule is C[C@H]1c2nn(C)c(-c3cc(F)c(F)c(F)c3)c2CCN1C(=O)c1cccc(-n2cccn2)n1. The maximum atomic E-state index is 13.9. The Morgan fingerprint density at radius 1 is 1.12 bits per heavy atom. The molecule has 4 heterocycles. The van der Waals surface area contributed by atoms with Crippen molar-refractivity contribution in [1.29, 1.82) is 0 Å². The lowest BCUT2D eigenvalue weighted by Crippen LogP contribution is -2.39. The van der Waals surface area contributed by atoms with Crippen LogP contribution in [0, 0.1) is 17.5 Å². The minimum Gasteiger partial charge on any atom is -0.329 e. The largest absolute Gasteiger partial charge is 0.329 e. The van der Waals surface area contributed by atoms with E-state index in [1.807, 2.05) is 6.92 Å². The normalized spacial score (nSPS) is 15.5. The minimum absolute atomic E-state index is 0.197. The van der Waals surface area contributed by atoms with Gasteiger partial charge in [0.1, 0.15) is 5.69 Å². The monoisotopic (exact) mass is 452 g/mol. The Hall–Kier alpha value is -3.95. The molecular weight excluding hydrogens is 433 g/mol. The summed E-state index contributed by atoms with van der Waals surface area (Å²) in [6.07, 6.45) is 3.79. The molecule has 0 bridgehead atoms. The van der Waals surface area contributed by atoms with E-state index in [0.29, 0.717) is 30.2 Å². The Kier molecular flexibility index (Phi) is 4.99. The molecule has 1 aromatic carbocycles. The third kappa shape index (κ3) is 3.47. The highest BCUT2D eigenvalue weighted by Gasteiger charge is 2.34.